The average molecular weight is 294 g/mol. The van der Waals surface area contributed by atoms with Gasteiger partial charge in [0.2, 0.25) is 5.91 Å². The number of hydrogen-bond acceptors (Lipinski definition) is 2. The predicted molar refractivity (Wildman–Crippen MR) is 73.3 cm³/mol. The second-order valence-electron chi connectivity index (χ2n) is 4.56. The maximum absolute atomic E-state index is 13.7. The third-order valence-electron chi connectivity index (χ3n) is 3.13. The Bertz CT molecular complexity index is 702. The normalized spacial score (nSPS) is 10.5. The lowest BCUT2D eigenvalue weighted by Gasteiger charge is -2.12. The van der Waals surface area contributed by atoms with Gasteiger partial charge in [-0.1, -0.05) is 12.1 Å². The Hall–Kier alpha value is -2.50. The van der Waals surface area contributed by atoms with E-state index in [0.29, 0.717) is 5.69 Å². The second kappa shape index (κ2) is 5.87. The first-order valence-corrected chi connectivity index (χ1v) is 6.17. The Labute approximate surface area is 119 Å². The number of nitrogens with two attached hydrogens (primary N) is 1. The summed E-state index contributed by atoms with van der Waals surface area (Å²) in [5.41, 5.74) is 5.77. The maximum Gasteiger partial charge on any atom is 0.248 e. The first-order chi connectivity index (χ1) is 9.90. The van der Waals surface area contributed by atoms with Crippen LogP contribution in [-0.2, 0) is 6.54 Å². The van der Waals surface area contributed by atoms with Crippen LogP contribution in [0.15, 0.2) is 30.3 Å². The molecule has 3 nitrogen and oxygen atoms in total. The molecule has 0 unspecified atom stereocenters. The van der Waals surface area contributed by atoms with E-state index in [1.54, 1.807) is 0 Å². The Kier molecular flexibility index (Phi) is 4.16. The summed E-state index contributed by atoms with van der Waals surface area (Å²) in [5, 5.41) is 2.78. The minimum Gasteiger partial charge on any atom is -0.381 e. The van der Waals surface area contributed by atoms with Gasteiger partial charge in [0.05, 0.1) is 0 Å². The van der Waals surface area contributed by atoms with Crippen LogP contribution in [-0.4, -0.2) is 5.91 Å². The highest BCUT2D eigenvalue weighted by Gasteiger charge is 2.12. The topological polar surface area (TPSA) is 55.1 Å². The van der Waals surface area contributed by atoms with Crippen LogP contribution in [0, 0.1) is 24.4 Å². The van der Waals surface area contributed by atoms with Crippen molar-refractivity contribution in [2.24, 2.45) is 5.73 Å². The van der Waals surface area contributed by atoms with Gasteiger partial charge in [-0.2, -0.15) is 0 Å². The van der Waals surface area contributed by atoms with Crippen molar-refractivity contribution in [2.75, 3.05) is 5.32 Å². The molecule has 21 heavy (non-hydrogen) atoms. The van der Waals surface area contributed by atoms with Crippen molar-refractivity contribution in [1.29, 1.82) is 0 Å². The molecule has 0 saturated carbocycles. The molecule has 0 heterocycles. The van der Waals surface area contributed by atoms with Crippen LogP contribution in [0.5, 0.6) is 0 Å². The number of amides is 1. The van der Waals surface area contributed by atoms with Crippen molar-refractivity contribution in [1.82, 2.24) is 0 Å². The van der Waals surface area contributed by atoms with Crippen molar-refractivity contribution < 1.29 is 18.0 Å². The van der Waals surface area contributed by atoms with Crippen molar-refractivity contribution in [2.45, 2.75) is 13.5 Å². The first-order valence-electron chi connectivity index (χ1n) is 6.17. The molecule has 0 fully saturated rings. The van der Waals surface area contributed by atoms with Crippen molar-refractivity contribution in [3.63, 3.8) is 0 Å². The monoisotopic (exact) mass is 294 g/mol. The van der Waals surface area contributed by atoms with Gasteiger partial charge in [0.1, 0.15) is 5.82 Å². The van der Waals surface area contributed by atoms with Crippen LogP contribution in [0.3, 0.4) is 0 Å². The summed E-state index contributed by atoms with van der Waals surface area (Å²) in [4.78, 5) is 11.1. The Morgan fingerprint density at radius 1 is 1.19 bits per heavy atom. The van der Waals surface area contributed by atoms with Crippen LogP contribution in [0.4, 0.5) is 18.9 Å². The minimum atomic E-state index is -0.964. The molecule has 0 spiro atoms. The number of carbonyl (C=O) groups excluding carboxylic acids is 1. The number of rotatable bonds is 4. The molecular formula is C15H13F3N2O. The van der Waals surface area contributed by atoms with E-state index in [9.17, 15) is 18.0 Å². The number of nitrogens with one attached hydrogen (secondary N) is 1. The van der Waals surface area contributed by atoms with Gasteiger partial charge in [0.25, 0.3) is 0 Å². The maximum atomic E-state index is 13.7. The zero-order chi connectivity index (χ0) is 15.6. The standard InChI is InChI=1S/C15H13F3N2O/c1-8-12(17)5-10(15(19)21)6-13(8)20-7-9-3-2-4-11(16)14(9)18/h2-6,20H,7H2,1H3,(H2,19,21). The molecule has 2 rings (SSSR count). The van der Waals surface area contributed by atoms with E-state index >= 15 is 0 Å². The molecule has 2 aromatic carbocycles. The lowest BCUT2D eigenvalue weighted by molar-refractivity contribution is 0.1000. The van der Waals surface area contributed by atoms with Gasteiger partial charge in [-0.05, 0) is 25.1 Å². The third kappa shape index (κ3) is 3.16. The molecule has 0 saturated heterocycles. The van der Waals surface area contributed by atoms with Gasteiger partial charge in [-0.15, -0.1) is 0 Å². The van der Waals surface area contributed by atoms with Gasteiger partial charge in [0.15, 0.2) is 11.6 Å². The number of carbonyl (C=O) groups is 1. The number of halogens is 3. The molecule has 0 aliphatic rings. The van der Waals surface area contributed by atoms with Crippen LogP contribution in [0.1, 0.15) is 21.5 Å². The molecule has 2 aromatic rings. The summed E-state index contributed by atoms with van der Waals surface area (Å²) >= 11 is 0. The van der Waals surface area contributed by atoms with E-state index in [1.807, 2.05) is 0 Å². The van der Waals surface area contributed by atoms with Gasteiger partial charge < -0.3 is 11.1 Å². The Morgan fingerprint density at radius 2 is 1.90 bits per heavy atom. The molecule has 3 N–H and O–H groups in total. The molecule has 0 atom stereocenters. The lowest BCUT2D eigenvalue weighted by Crippen LogP contribution is -2.13. The quantitative estimate of drug-likeness (QED) is 0.910. The average Bonchev–Trinajstić information content (AvgIpc) is 2.44. The fourth-order valence-corrected chi connectivity index (χ4v) is 1.88. The summed E-state index contributed by atoms with van der Waals surface area (Å²) in [6.07, 6.45) is 0. The second-order valence-corrected chi connectivity index (χ2v) is 4.56. The highest BCUT2D eigenvalue weighted by molar-refractivity contribution is 5.94. The van der Waals surface area contributed by atoms with Crippen LogP contribution in [0.2, 0.25) is 0 Å². The van der Waals surface area contributed by atoms with Gasteiger partial charge >= 0.3 is 0 Å². The minimum absolute atomic E-state index is 0.000291. The molecule has 1 amide bonds. The number of benzene rings is 2. The third-order valence-corrected chi connectivity index (χ3v) is 3.13. The fraction of sp³-hybridized carbons (Fsp3) is 0.133. The lowest BCUT2D eigenvalue weighted by atomic mass is 10.1. The van der Waals surface area contributed by atoms with E-state index < -0.39 is 23.4 Å². The SMILES string of the molecule is Cc1c(F)cc(C(N)=O)cc1NCc1cccc(F)c1F. The summed E-state index contributed by atoms with van der Waals surface area (Å²) in [6.45, 7) is 1.45. The largest absolute Gasteiger partial charge is 0.381 e. The molecule has 110 valence electrons. The molecule has 0 aromatic heterocycles. The van der Waals surface area contributed by atoms with Crippen molar-refractivity contribution in [3.8, 4) is 0 Å². The van der Waals surface area contributed by atoms with Crippen LogP contribution >= 0.6 is 0 Å². The zero-order valence-electron chi connectivity index (χ0n) is 11.2. The van der Waals surface area contributed by atoms with E-state index in [2.05, 4.69) is 5.32 Å². The van der Waals surface area contributed by atoms with Crippen molar-refractivity contribution in [3.05, 3.63) is 64.5 Å². The smallest absolute Gasteiger partial charge is 0.248 e. The highest BCUT2D eigenvalue weighted by Crippen LogP contribution is 2.22. The number of anilines is 1. The van der Waals surface area contributed by atoms with Gasteiger partial charge in [0, 0.05) is 28.9 Å². The number of hydrogen-bond donors (Lipinski definition) is 2. The molecule has 0 bridgehead atoms. The van der Waals surface area contributed by atoms with Gasteiger partial charge in [-0.3, -0.25) is 4.79 Å². The van der Waals surface area contributed by atoms with E-state index in [0.717, 1.165) is 12.1 Å². The summed E-state index contributed by atoms with van der Waals surface area (Å²) in [5.74, 6) is -3.29. The van der Waals surface area contributed by atoms with E-state index in [4.69, 9.17) is 5.73 Å². The Balaban J connectivity index is 2.27. The zero-order valence-corrected chi connectivity index (χ0v) is 11.2. The summed E-state index contributed by atoms with van der Waals surface area (Å²) < 4.78 is 40.3. The van der Waals surface area contributed by atoms with Gasteiger partial charge in [-0.25, -0.2) is 13.2 Å². The van der Waals surface area contributed by atoms with E-state index in [1.165, 1.54) is 25.1 Å². The van der Waals surface area contributed by atoms with E-state index in [-0.39, 0.29) is 23.2 Å². The first kappa shape index (κ1) is 14.9. The van der Waals surface area contributed by atoms with Crippen LogP contribution in [0.25, 0.3) is 0 Å². The summed E-state index contributed by atoms with van der Waals surface area (Å²) in [7, 11) is 0. The molecule has 0 aliphatic heterocycles. The van der Waals surface area contributed by atoms with Crippen LogP contribution < -0.4 is 11.1 Å². The molecule has 0 aliphatic carbocycles. The molecule has 0 radical (unpaired) electrons. The number of primary amides is 1. The highest BCUT2D eigenvalue weighted by atomic mass is 19.2. The summed E-state index contributed by atoms with van der Waals surface area (Å²) in [6, 6.07) is 6.21. The molecular weight excluding hydrogens is 281 g/mol. The predicted octanol–water partition coefficient (Wildman–Crippen LogP) is 3.12. The Morgan fingerprint density at radius 3 is 2.57 bits per heavy atom. The molecule has 6 heteroatoms. The van der Waals surface area contributed by atoms with Crippen molar-refractivity contribution >= 4 is 11.6 Å². The fourth-order valence-electron chi connectivity index (χ4n) is 1.88.